The van der Waals surface area contributed by atoms with Gasteiger partial charge in [-0.05, 0) is 37.6 Å². The largest absolute Gasteiger partial charge is 0.313 e. The first-order valence-corrected chi connectivity index (χ1v) is 6.78. The van der Waals surface area contributed by atoms with Gasteiger partial charge in [0.25, 0.3) is 0 Å². The molecule has 0 saturated carbocycles. The second kappa shape index (κ2) is 6.48. The Labute approximate surface area is 113 Å². The molecule has 1 aromatic carbocycles. The molecule has 0 fully saturated rings. The van der Waals surface area contributed by atoms with Crippen LogP contribution >= 0.6 is 0 Å². The lowest BCUT2D eigenvalue weighted by Gasteiger charge is -2.08. The van der Waals surface area contributed by atoms with E-state index in [4.69, 9.17) is 0 Å². The van der Waals surface area contributed by atoms with Crippen molar-refractivity contribution in [2.45, 2.75) is 33.2 Å². The summed E-state index contributed by atoms with van der Waals surface area (Å²) in [5, 5.41) is 7.76. The predicted octanol–water partition coefficient (Wildman–Crippen LogP) is 3.07. The van der Waals surface area contributed by atoms with Crippen LogP contribution in [0.3, 0.4) is 0 Å². The van der Waals surface area contributed by atoms with Gasteiger partial charge < -0.3 is 5.32 Å². The van der Waals surface area contributed by atoms with Gasteiger partial charge in [0.1, 0.15) is 5.82 Å². The molecule has 0 aliphatic heterocycles. The quantitative estimate of drug-likeness (QED) is 0.810. The van der Waals surface area contributed by atoms with Crippen LogP contribution in [0.2, 0.25) is 0 Å². The Bertz CT molecular complexity index is 534. The highest BCUT2D eigenvalue weighted by Gasteiger charge is 2.10. The third-order valence-corrected chi connectivity index (χ3v) is 3.09. The molecule has 0 amide bonds. The van der Waals surface area contributed by atoms with Crippen molar-refractivity contribution in [3.05, 3.63) is 47.5 Å². The topological polar surface area (TPSA) is 29.9 Å². The summed E-state index contributed by atoms with van der Waals surface area (Å²) in [6.45, 7) is 6.04. The van der Waals surface area contributed by atoms with Gasteiger partial charge in [-0.3, -0.25) is 0 Å². The van der Waals surface area contributed by atoms with Crippen LogP contribution in [0.15, 0.2) is 30.5 Å². The molecule has 0 bridgehead atoms. The van der Waals surface area contributed by atoms with Crippen molar-refractivity contribution in [2.24, 2.45) is 0 Å². The van der Waals surface area contributed by atoms with Crippen LogP contribution in [-0.2, 0) is 13.0 Å². The number of halogens is 1. The standard InChI is InChI=1S/C15H20FN3/c1-3-8-17-10-12-11-18-19(15(12)4-2)14-7-5-6-13(16)9-14/h5-7,9,11,17H,3-4,8,10H2,1-2H3. The fourth-order valence-electron chi connectivity index (χ4n) is 2.16. The minimum absolute atomic E-state index is 0.235. The van der Waals surface area contributed by atoms with E-state index in [-0.39, 0.29) is 5.82 Å². The molecule has 2 aromatic rings. The molecule has 0 aliphatic carbocycles. The van der Waals surface area contributed by atoms with E-state index in [1.807, 2.05) is 16.9 Å². The fraction of sp³-hybridized carbons (Fsp3) is 0.400. The second-order valence-electron chi connectivity index (χ2n) is 4.54. The van der Waals surface area contributed by atoms with Crippen LogP contribution in [0.1, 0.15) is 31.5 Å². The van der Waals surface area contributed by atoms with Crippen molar-refractivity contribution in [3.8, 4) is 5.69 Å². The molecular weight excluding hydrogens is 241 g/mol. The smallest absolute Gasteiger partial charge is 0.125 e. The molecule has 4 heteroatoms. The highest BCUT2D eigenvalue weighted by molar-refractivity contribution is 5.35. The first-order valence-electron chi connectivity index (χ1n) is 6.78. The molecule has 1 heterocycles. The van der Waals surface area contributed by atoms with Crippen LogP contribution in [-0.4, -0.2) is 16.3 Å². The molecular formula is C15H20FN3. The Balaban J connectivity index is 2.26. The van der Waals surface area contributed by atoms with Gasteiger partial charge in [0.2, 0.25) is 0 Å². The summed E-state index contributed by atoms with van der Waals surface area (Å²) in [4.78, 5) is 0. The Hall–Kier alpha value is -1.68. The van der Waals surface area contributed by atoms with Gasteiger partial charge in [-0.1, -0.05) is 19.9 Å². The van der Waals surface area contributed by atoms with E-state index in [1.165, 1.54) is 17.7 Å². The number of benzene rings is 1. The zero-order chi connectivity index (χ0) is 13.7. The van der Waals surface area contributed by atoms with Crippen LogP contribution in [0.4, 0.5) is 4.39 Å². The van der Waals surface area contributed by atoms with Crippen LogP contribution in [0.25, 0.3) is 5.69 Å². The summed E-state index contributed by atoms with van der Waals surface area (Å²) in [6.07, 6.45) is 3.85. The molecule has 3 nitrogen and oxygen atoms in total. The highest BCUT2D eigenvalue weighted by atomic mass is 19.1. The molecule has 1 N–H and O–H groups in total. The third kappa shape index (κ3) is 3.20. The van der Waals surface area contributed by atoms with Crippen molar-refractivity contribution in [2.75, 3.05) is 6.54 Å². The molecule has 102 valence electrons. The summed E-state index contributed by atoms with van der Waals surface area (Å²) < 4.78 is 15.1. The maximum atomic E-state index is 13.3. The lowest BCUT2D eigenvalue weighted by Crippen LogP contribution is -2.15. The van der Waals surface area contributed by atoms with Crippen LogP contribution in [0, 0.1) is 5.82 Å². The van der Waals surface area contributed by atoms with Crippen molar-refractivity contribution in [1.29, 1.82) is 0 Å². The van der Waals surface area contributed by atoms with Gasteiger partial charge in [0, 0.05) is 17.8 Å². The van der Waals surface area contributed by atoms with E-state index in [2.05, 4.69) is 24.3 Å². The Morgan fingerprint density at radius 1 is 1.32 bits per heavy atom. The number of nitrogens with zero attached hydrogens (tertiary/aromatic N) is 2. The van der Waals surface area contributed by atoms with Gasteiger partial charge >= 0.3 is 0 Å². The predicted molar refractivity (Wildman–Crippen MR) is 74.9 cm³/mol. The van der Waals surface area contributed by atoms with E-state index in [9.17, 15) is 4.39 Å². The number of nitrogens with one attached hydrogen (secondary N) is 1. The van der Waals surface area contributed by atoms with Crippen LogP contribution < -0.4 is 5.32 Å². The highest BCUT2D eigenvalue weighted by Crippen LogP contribution is 2.16. The van der Waals surface area contributed by atoms with Crippen molar-refractivity contribution in [3.63, 3.8) is 0 Å². The first kappa shape index (κ1) is 13.7. The molecule has 0 saturated heterocycles. The van der Waals surface area contributed by atoms with Crippen molar-refractivity contribution in [1.82, 2.24) is 15.1 Å². The zero-order valence-corrected chi connectivity index (χ0v) is 11.5. The van der Waals surface area contributed by atoms with Crippen molar-refractivity contribution < 1.29 is 4.39 Å². The Morgan fingerprint density at radius 2 is 2.16 bits per heavy atom. The summed E-state index contributed by atoms with van der Waals surface area (Å²) in [5.41, 5.74) is 3.09. The summed E-state index contributed by atoms with van der Waals surface area (Å²) in [7, 11) is 0. The molecule has 2 rings (SSSR count). The molecule has 0 spiro atoms. The van der Waals surface area contributed by atoms with Gasteiger partial charge in [0.15, 0.2) is 0 Å². The second-order valence-corrected chi connectivity index (χ2v) is 4.54. The number of rotatable bonds is 6. The lowest BCUT2D eigenvalue weighted by molar-refractivity contribution is 0.624. The van der Waals surface area contributed by atoms with E-state index in [0.717, 1.165) is 37.3 Å². The van der Waals surface area contributed by atoms with E-state index in [1.54, 1.807) is 6.07 Å². The van der Waals surface area contributed by atoms with Gasteiger partial charge in [-0.25, -0.2) is 9.07 Å². The fourth-order valence-corrected chi connectivity index (χ4v) is 2.16. The summed E-state index contributed by atoms with van der Waals surface area (Å²) in [5.74, 6) is -0.235. The summed E-state index contributed by atoms with van der Waals surface area (Å²) in [6, 6.07) is 6.54. The number of hydrogen-bond donors (Lipinski definition) is 1. The molecule has 0 unspecified atom stereocenters. The number of hydrogen-bond acceptors (Lipinski definition) is 2. The normalized spacial score (nSPS) is 10.9. The summed E-state index contributed by atoms with van der Waals surface area (Å²) >= 11 is 0. The average Bonchev–Trinajstić information content (AvgIpc) is 2.82. The number of aromatic nitrogens is 2. The van der Waals surface area contributed by atoms with Crippen LogP contribution in [0.5, 0.6) is 0 Å². The Morgan fingerprint density at radius 3 is 2.84 bits per heavy atom. The molecule has 0 aliphatic rings. The minimum Gasteiger partial charge on any atom is -0.313 e. The van der Waals surface area contributed by atoms with E-state index >= 15 is 0 Å². The minimum atomic E-state index is -0.235. The molecule has 19 heavy (non-hydrogen) atoms. The average molecular weight is 261 g/mol. The Kier molecular flexibility index (Phi) is 4.68. The maximum Gasteiger partial charge on any atom is 0.125 e. The maximum absolute atomic E-state index is 13.3. The van der Waals surface area contributed by atoms with Gasteiger partial charge in [-0.15, -0.1) is 0 Å². The van der Waals surface area contributed by atoms with Crippen molar-refractivity contribution >= 4 is 0 Å². The van der Waals surface area contributed by atoms with Gasteiger partial charge in [0.05, 0.1) is 11.9 Å². The zero-order valence-electron chi connectivity index (χ0n) is 11.5. The monoisotopic (exact) mass is 261 g/mol. The van der Waals surface area contributed by atoms with Gasteiger partial charge in [-0.2, -0.15) is 5.10 Å². The third-order valence-electron chi connectivity index (χ3n) is 3.09. The molecule has 1 aromatic heterocycles. The molecule has 0 atom stereocenters. The SMILES string of the molecule is CCCNCc1cnn(-c2cccc(F)c2)c1CC. The van der Waals surface area contributed by atoms with E-state index in [0.29, 0.717) is 0 Å². The molecule has 0 radical (unpaired) electrons. The van der Waals surface area contributed by atoms with E-state index < -0.39 is 0 Å². The first-order chi connectivity index (χ1) is 9.26. The lowest BCUT2D eigenvalue weighted by atomic mass is 10.2.